The first-order valence-corrected chi connectivity index (χ1v) is 27.2. The van der Waals surface area contributed by atoms with Crippen LogP contribution in [0.1, 0.15) is 94.6 Å². The zero-order valence-electron chi connectivity index (χ0n) is 40.0. The molecule has 4 aromatic rings. The Kier molecular flexibility index (Phi) is 14.8. The molecule has 5 heterocycles. The lowest BCUT2D eigenvalue weighted by molar-refractivity contribution is -1.05. The summed E-state index contributed by atoms with van der Waals surface area (Å²) in [6.07, 6.45) is 5.16. The molecule has 5 aliphatic rings. The summed E-state index contributed by atoms with van der Waals surface area (Å²) in [5.74, 6) is 1.77. The van der Waals surface area contributed by atoms with Gasteiger partial charge in [0.1, 0.15) is 42.2 Å². The number of quaternary nitrogens is 1. The predicted octanol–water partition coefficient (Wildman–Crippen LogP) is 7.14. The van der Waals surface area contributed by atoms with Crippen LogP contribution in [0.25, 0.3) is 0 Å². The molecule has 0 bridgehead atoms. The number of nitrogens with zero attached hydrogens (tertiary/aromatic N) is 8. The van der Waals surface area contributed by atoms with Gasteiger partial charge in [0.2, 0.25) is 12.6 Å². The zero-order chi connectivity index (χ0) is 49.2. The van der Waals surface area contributed by atoms with Gasteiger partial charge in [0, 0.05) is 53.6 Å². The number of piperazine rings is 1. The third kappa shape index (κ3) is 10.2. The summed E-state index contributed by atoms with van der Waals surface area (Å²) in [7, 11) is -3.59. The molecule has 0 radical (unpaired) electrons. The van der Waals surface area contributed by atoms with Crippen molar-refractivity contribution >= 4 is 62.9 Å². The number of aliphatic imine (C=N–C) groups is 2. The van der Waals surface area contributed by atoms with Gasteiger partial charge in [0.15, 0.2) is 15.7 Å². The van der Waals surface area contributed by atoms with Crippen molar-refractivity contribution < 1.29 is 36.9 Å². The van der Waals surface area contributed by atoms with Crippen LogP contribution in [0.15, 0.2) is 94.9 Å². The van der Waals surface area contributed by atoms with Gasteiger partial charge in [-0.3, -0.25) is 24.4 Å². The SMILES string of the molecule is CCOc1ccc(C(=O)N2CCCC2)cc1C1=NC(c2ccc(Cl)cc2)CN1[C@H]1CN(C=O)CC[N@@+]1(CCS(C)(=O)=O)N1CC(c2ccc(Cl)cc2)N=C1c1cc(C(=O)N2CCCC2)ccc1OCC. The van der Waals surface area contributed by atoms with Crippen molar-refractivity contribution in [2.45, 2.75) is 57.8 Å². The molecule has 9 rings (SSSR count). The van der Waals surface area contributed by atoms with Gasteiger partial charge in [-0.25, -0.2) is 13.4 Å². The minimum atomic E-state index is -3.59. The predicted molar refractivity (Wildman–Crippen MR) is 271 cm³/mol. The first kappa shape index (κ1) is 49.3. The molecule has 3 fully saturated rings. The van der Waals surface area contributed by atoms with Gasteiger partial charge in [-0.15, -0.1) is 0 Å². The fourth-order valence-electron chi connectivity index (χ4n) is 10.6. The van der Waals surface area contributed by atoms with Crippen LogP contribution in [0, 0.1) is 0 Å². The Bertz CT molecular complexity index is 2770. The van der Waals surface area contributed by atoms with E-state index < -0.39 is 28.1 Å². The minimum Gasteiger partial charge on any atom is -0.493 e. The molecule has 0 saturated carbocycles. The number of hydrogen-bond acceptors (Lipinski definition) is 11. The fourth-order valence-corrected chi connectivity index (χ4v) is 11.5. The standard InChI is InChI=1S/C52H61Cl2N8O7S/c1-4-68-46-20-14-38(51(64)58-22-6-7-23-58)30-42(46)49-55-44(36-10-16-40(53)17-11-36)32-60(49)48-34-57(35-63)26-27-62(48,28-29-70(3,66)67)61-33-45(37-12-18-41(54)19-13-37)56-50(61)43-31-39(15-21-47(43)69-5-2)52(65)59-24-8-9-25-59/h10-21,30-31,35,44-45,48H,4-9,22-29,32-34H2,1-3H3/q+1/t44?,45?,48-,62+/m1/s1. The quantitative estimate of drug-likeness (QED) is 0.0845. The summed E-state index contributed by atoms with van der Waals surface area (Å²) < 4.78 is 40.0. The molecule has 5 aliphatic heterocycles. The van der Waals surface area contributed by atoms with Crippen LogP contribution in [0.2, 0.25) is 10.0 Å². The number of carbonyl (C=O) groups excluding carboxylic acids is 3. The van der Waals surface area contributed by atoms with Gasteiger partial charge in [-0.2, -0.15) is 4.59 Å². The van der Waals surface area contributed by atoms with E-state index in [0.29, 0.717) is 121 Å². The van der Waals surface area contributed by atoms with Gasteiger partial charge >= 0.3 is 0 Å². The largest absolute Gasteiger partial charge is 0.493 e. The minimum absolute atomic E-state index is 0.0128. The first-order chi connectivity index (χ1) is 33.8. The monoisotopic (exact) mass is 1010 g/mol. The molecule has 4 atom stereocenters. The Morgan fingerprint density at radius 3 is 1.66 bits per heavy atom. The van der Waals surface area contributed by atoms with E-state index in [4.69, 9.17) is 42.7 Å². The molecule has 3 saturated heterocycles. The molecule has 0 spiro atoms. The molecule has 15 nitrogen and oxygen atoms in total. The molecule has 370 valence electrons. The lowest BCUT2D eigenvalue weighted by atomic mass is 10.0. The topological polar surface area (TPSA) is 145 Å². The summed E-state index contributed by atoms with van der Waals surface area (Å²) in [5.41, 5.74) is 3.99. The van der Waals surface area contributed by atoms with Crippen LogP contribution in [0.5, 0.6) is 11.5 Å². The highest BCUT2D eigenvalue weighted by Gasteiger charge is 2.56. The van der Waals surface area contributed by atoms with E-state index in [2.05, 4.69) is 9.91 Å². The van der Waals surface area contributed by atoms with E-state index in [1.807, 2.05) is 96.4 Å². The number of sulfone groups is 1. The lowest BCUT2D eigenvalue weighted by Gasteiger charge is -2.56. The normalized spacial score (nSPS) is 22.6. The number of likely N-dealkylation sites (tertiary alicyclic amines) is 2. The second-order valence-corrected chi connectivity index (χ2v) is 21.8. The molecular weight excluding hydrogens is 952 g/mol. The van der Waals surface area contributed by atoms with Crippen molar-refractivity contribution in [1.29, 1.82) is 0 Å². The fraction of sp³-hybridized carbons (Fsp3) is 0.442. The van der Waals surface area contributed by atoms with E-state index in [9.17, 15) is 22.8 Å². The van der Waals surface area contributed by atoms with E-state index in [1.165, 1.54) is 6.26 Å². The number of amides is 3. The van der Waals surface area contributed by atoms with Crippen LogP contribution < -0.4 is 9.47 Å². The third-order valence-corrected chi connectivity index (χ3v) is 15.6. The van der Waals surface area contributed by atoms with E-state index >= 15 is 0 Å². The Labute approximate surface area is 420 Å². The average Bonchev–Trinajstić information content (AvgIpc) is 4.22. The maximum atomic E-state index is 14.2. The molecule has 4 aromatic carbocycles. The first-order valence-electron chi connectivity index (χ1n) is 24.4. The lowest BCUT2D eigenvalue weighted by Crippen LogP contribution is -2.77. The van der Waals surface area contributed by atoms with Crippen molar-refractivity contribution in [3.8, 4) is 11.5 Å². The summed E-state index contributed by atoms with van der Waals surface area (Å²) in [6.45, 7) is 8.69. The van der Waals surface area contributed by atoms with Gasteiger partial charge in [0.05, 0.1) is 56.6 Å². The molecular formula is C52H61Cl2N8O7S+. The summed E-state index contributed by atoms with van der Waals surface area (Å²) in [4.78, 5) is 60.1. The highest BCUT2D eigenvalue weighted by molar-refractivity contribution is 7.90. The van der Waals surface area contributed by atoms with Crippen molar-refractivity contribution in [2.24, 2.45) is 9.98 Å². The van der Waals surface area contributed by atoms with Crippen LogP contribution in [0.4, 0.5) is 0 Å². The average molecular weight is 1010 g/mol. The number of carbonyl (C=O) groups is 3. The highest BCUT2D eigenvalue weighted by Crippen LogP contribution is 2.42. The van der Waals surface area contributed by atoms with Crippen molar-refractivity contribution in [3.05, 3.63) is 128 Å². The maximum Gasteiger partial charge on any atom is 0.253 e. The number of rotatable bonds is 16. The Morgan fingerprint density at radius 1 is 0.686 bits per heavy atom. The Hall–Kier alpha value is -5.68. The second-order valence-electron chi connectivity index (χ2n) is 18.7. The van der Waals surface area contributed by atoms with Gasteiger partial charge in [0.25, 0.3) is 11.8 Å². The summed E-state index contributed by atoms with van der Waals surface area (Å²) >= 11 is 12.9. The summed E-state index contributed by atoms with van der Waals surface area (Å²) in [5, 5.41) is 3.34. The number of ether oxygens (including phenoxy) is 2. The van der Waals surface area contributed by atoms with Crippen LogP contribution in [-0.4, -0.2) is 164 Å². The summed E-state index contributed by atoms with van der Waals surface area (Å²) in [6, 6.07) is 25.2. The highest BCUT2D eigenvalue weighted by atomic mass is 35.5. The second kappa shape index (κ2) is 21.0. The van der Waals surface area contributed by atoms with E-state index in [-0.39, 0.29) is 35.2 Å². The van der Waals surface area contributed by atoms with Crippen molar-refractivity contribution in [3.63, 3.8) is 0 Å². The number of hydrogen-bond donors (Lipinski definition) is 0. The van der Waals surface area contributed by atoms with Gasteiger partial charge in [-0.05, 0) is 111 Å². The molecule has 0 aromatic heterocycles. The third-order valence-electron chi connectivity index (χ3n) is 14.2. The van der Waals surface area contributed by atoms with E-state index in [1.54, 1.807) is 17.0 Å². The molecule has 2 unspecified atom stereocenters. The smallest absolute Gasteiger partial charge is 0.253 e. The number of benzene rings is 4. The molecule has 18 heteroatoms. The zero-order valence-corrected chi connectivity index (χ0v) is 42.3. The molecule has 70 heavy (non-hydrogen) atoms. The van der Waals surface area contributed by atoms with E-state index in [0.717, 1.165) is 43.2 Å². The Morgan fingerprint density at radius 2 is 1.17 bits per heavy atom. The van der Waals surface area contributed by atoms with Gasteiger partial charge < -0.3 is 29.1 Å². The van der Waals surface area contributed by atoms with Crippen LogP contribution >= 0.6 is 23.2 Å². The van der Waals surface area contributed by atoms with Crippen LogP contribution in [-0.2, 0) is 14.6 Å². The number of amidine groups is 2. The van der Waals surface area contributed by atoms with Gasteiger partial charge in [-0.1, -0.05) is 47.5 Å². The number of halogens is 2. The van der Waals surface area contributed by atoms with Crippen molar-refractivity contribution in [1.82, 2.24) is 24.6 Å². The maximum absolute atomic E-state index is 14.2. The Balaban J connectivity index is 1.25. The van der Waals surface area contributed by atoms with Crippen molar-refractivity contribution in [2.75, 3.05) is 90.7 Å². The molecule has 0 N–H and O–H groups in total. The molecule has 3 amide bonds. The molecule has 0 aliphatic carbocycles. The van der Waals surface area contributed by atoms with Crippen LogP contribution in [0.3, 0.4) is 0 Å².